The van der Waals surface area contributed by atoms with E-state index in [-0.39, 0.29) is 28.9 Å². The number of carbonyl (C=O) groups excluding carboxylic acids is 1. The van der Waals surface area contributed by atoms with E-state index >= 15 is 0 Å². The van der Waals surface area contributed by atoms with Gasteiger partial charge in [0.1, 0.15) is 0 Å². The zero-order valence-corrected chi connectivity index (χ0v) is 13.3. The van der Waals surface area contributed by atoms with Gasteiger partial charge in [-0.05, 0) is 43.0 Å². The van der Waals surface area contributed by atoms with E-state index in [4.69, 9.17) is 4.74 Å². The summed E-state index contributed by atoms with van der Waals surface area (Å²) in [6, 6.07) is 12.2. The summed E-state index contributed by atoms with van der Waals surface area (Å²) in [6.07, 6.45) is 1.76. The summed E-state index contributed by atoms with van der Waals surface area (Å²) in [5, 5.41) is 14.1. The highest BCUT2D eigenvalue weighted by Crippen LogP contribution is 2.32. The van der Waals surface area contributed by atoms with E-state index < -0.39 is 4.92 Å². The smallest absolute Gasteiger partial charge is 0.311 e. The molecule has 2 aromatic rings. The Labute approximate surface area is 139 Å². The Bertz CT molecular complexity index is 788. The molecule has 124 valence electrons. The maximum atomic E-state index is 12.5. The minimum absolute atomic E-state index is 0.0562. The number of rotatable bonds is 5. The van der Waals surface area contributed by atoms with Crippen molar-refractivity contribution in [2.24, 2.45) is 0 Å². The van der Waals surface area contributed by atoms with Gasteiger partial charge in [0.25, 0.3) is 5.91 Å². The molecule has 0 spiro atoms. The number of nitrogens with one attached hydrogen (secondary N) is 1. The lowest BCUT2D eigenvalue weighted by atomic mass is 10.1. The van der Waals surface area contributed by atoms with Crippen LogP contribution in [-0.4, -0.2) is 17.4 Å². The second-order valence-corrected chi connectivity index (χ2v) is 5.64. The van der Waals surface area contributed by atoms with Gasteiger partial charge < -0.3 is 10.1 Å². The van der Waals surface area contributed by atoms with Crippen molar-refractivity contribution < 1.29 is 14.5 Å². The molecule has 6 nitrogen and oxygen atoms in total. The van der Waals surface area contributed by atoms with Crippen LogP contribution in [0, 0.1) is 10.1 Å². The van der Waals surface area contributed by atoms with E-state index in [9.17, 15) is 14.9 Å². The standard InChI is InChI=1S/C18H18N2O4/c1-2-24-17-10-8-13(11-16(17)20(22)23)18(21)19-15-9-7-12-5-3-4-6-14(12)15/h3-6,8,10-11,15H,2,7,9H2,1H3,(H,19,21). The number of hydrogen-bond acceptors (Lipinski definition) is 4. The van der Waals surface area contributed by atoms with Crippen LogP contribution in [0.3, 0.4) is 0 Å². The van der Waals surface area contributed by atoms with Crippen molar-refractivity contribution >= 4 is 11.6 Å². The second-order valence-electron chi connectivity index (χ2n) is 5.64. The first-order chi connectivity index (χ1) is 11.6. The van der Waals surface area contributed by atoms with E-state index in [1.54, 1.807) is 13.0 Å². The van der Waals surface area contributed by atoms with Crippen LogP contribution in [0.15, 0.2) is 42.5 Å². The van der Waals surface area contributed by atoms with Crippen LogP contribution in [0.5, 0.6) is 5.75 Å². The van der Waals surface area contributed by atoms with Crippen LogP contribution in [0.4, 0.5) is 5.69 Å². The molecular formula is C18H18N2O4. The van der Waals surface area contributed by atoms with Crippen molar-refractivity contribution in [3.63, 3.8) is 0 Å². The summed E-state index contributed by atoms with van der Waals surface area (Å²) in [7, 11) is 0. The molecule has 0 saturated heterocycles. The number of hydrogen-bond donors (Lipinski definition) is 1. The number of aryl methyl sites for hydroxylation is 1. The average Bonchev–Trinajstić information content (AvgIpc) is 2.98. The number of nitro benzene ring substituents is 1. The maximum absolute atomic E-state index is 12.5. The third-order valence-electron chi connectivity index (χ3n) is 4.16. The van der Waals surface area contributed by atoms with Gasteiger partial charge in [0.15, 0.2) is 5.75 Å². The summed E-state index contributed by atoms with van der Waals surface area (Å²) in [5.41, 5.74) is 2.41. The van der Waals surface area contributed by atoms with E-state index in [2.05, 4.69) is 11.4 Å². The summed E-state index contributed by atoms with van der Waals surface area (Å²) in [6.45, 7) is 2.08. The van der Waals surface area contributed by atoms with Gasteiger partial charge in [-0.1, -0.05) is 24.3 Å². The first kappa shape index (κ1) is 16.0. The minimum Gasteiger partial charge on any atom is -0.487 e. The molecule has 1 N–H and O–H groups in total. The number of ether oxygens (including phenoxy) is 1. The van der Waals surface area contributed by atoms with Gasteiger partial charge in [0.2, 0.25) is 0 Å². The first-order valence-corrected chi connectivity index (χ1v) is 7.90. The van der Waals surface area contributed by atoms with Gasteiger partial charge in [0, 0.05) is 11.6 Å². The zero-order chi connectivity index (χ0) is 17.1. The van der Waals surface area contributed by atoms with E-state index in [1.807, 2.05) is 18.2 Å². The highest BCUT2D eigenvalue weighted by atomic mass is 16.6. The molecular weight excluding hydrogens is 308 g/mol. The fraction of sp³-hybridized carbons (Fsp3) is 0.278. The molecule has 0 saturated carbocycles. The Hall–Kier alpha value is -2.89. The minimum atomic E-state index is -0.535. The van der Waals surface area contributed by atoms with Crippen molar-refractivity contribution in [2.45, 2.75) is 25.8 Å². The number of benzene rings is 2. The van der Waals surface area contributed by atoms with Gasteiger partial charge in [0.05, 0.1) is 17.6 Å². The van der Waals surface area contributed by atoms with Gasteiger partial charge >= 0.3 is 5.69 Å². The van der Waals surface area contributed by atoms with Crippen molar-refractivity contribution in [1.29, 1.82) is 0 Å². The highest BCUT2D eigenvalue weighted by Gasteiger charge is 2.25. The molecule has 1 atom stereocenters. The molecule has 2 aromatic carbocycles. The fourth-order valence-electron chi connectivity index (χ4n) is 3.03. The molecule has 0 aliphatic heterocycles. The molecule has 3 rings (SSSR count). The predicted octanol–water partition coefficient (Wildman–Crippen LogP) is 3.41. The molecule has 1 amide bonds. The number of carbonyl (C=O) groups is 1. The normalized spacial score (nSPS) is 15.6. The molecule has 0 fully saturated rings. The Balaban J connectivity index is 1.81. The van der Waals surface area contributed by atoms with Crippen molar-refractivity contribution in [3.05, 3.63) is 69.3 Å². The summed E-state index contributed by atoms with van der Waals surface area (Å²) >= 11 is 0. The lowest BCUT2D eigenvalue weighted by molar-refractivity contribution is -0.385. The SMILES string of the molecule is CCOc1ccc(C(=O)NC2CCc3ccccc32)cc1[N+](=O)[O-]. The molecule has 1 unspecified atom stereocenters. The quantitative estimate of drug-likeness (QED) is 0.674. The van der Waals surface area contributed by atoms with Crippen molar-refractivity contribution in [1.82, 2.24) is 5.32 Å². The average molecular weight is 326 g/mol. The van der Waals surface area contributed by atoms with Gasteiger partial charge in [-0.15, -0.1) is 0 Å². The van der Waals surface area contributed by atoms with Crippen LogP contribution >= 0.6 is 0 Å². The Morgan fingerprint density at radius 3 is 2.88 bits per heavy atom. The van der Waals surface area contributed by atoms with Crippen LogP contribution in [0.25, 0.3) is 0 Å². The number of nitro groups is 1. The van der Waals surface area contributed by atoms with Crippen molar-refractivity contribution in [2.75, 3.05) is 6.61 Å². The molecule has 0 aromatic heterocycles. The van der Waals surface area contributed by atoms with E-state index in [1.165, 1.54) is 17.7 Å². The summed E-state index contributed by atoms with van der Waals surface area (Å²) < 4.78 is 5.24. The second kappa shape index (κ2) is 6.70. The fourth-order valence-corrected chi connectivity index (χ4v) is 3.03. The zero-order valence-electron chi connectivity index (χ0n) is 13.3. The van der Waals surface area contributed by atoms with E-state index in [0.29, 0.717) is 6.61 Å². The first-order valence-electron chi connectivity index (χ1n) is 7.90. The Morgan fingerprint density at radius 2 is 2.12 bits per heavy atom. The van der Waals surface area contributed by atoms with Gasteiger partial charge in [-0.2, -0.15) is 0 Å². The monoisotopic (exact) mass is 326 g/mol. The largest absolute Gasteiger partial charge is 0.487 e. The molecule has 24 heavy (non-hydrogen) atoms. The molecule has 0 bridgehead atoms. The third-order valence-corrected chi connectivity index (χ3v) is 4.16. The molecule has 1 aliphatic carbocycles. The maximum Gasteiger partial charge on any atom is 0.311 e. The predicted molar refractivity (Wildman–Crippen MR) is 89.2 cm³/mol. The van der Waals surface area contributed by atoms with Gasteiger partial charge in [-0.25, -0.2) is 0 Å². The molecule has 0 heterocycles. The van der Waals surface area contributed by atoms with E-state index in [0.717, 1.165) is 18.4 Å². The lowest BCUT2D eigenvalue weighted by Gasteiger charge is -2.14. The summed E-state index contributed by atoms with van der Waals surface area (Å²) in [5.74, 6) is -0.145. The Kier molecular flexibility index (Phi) is 4.46. The number of fused-ring (bicyclic) bond motifs is 1. The van der Waals surface area contributed by atoms with Gasteiger partial charge in [-0.3, -0.25) is 14.9 Å². The number of amides is 1. The van der Waals surface area contributed by atoms with Crippen LogP contribution in [0.2, 0.25) is 0 Å². The number of nitrogens with zero attached hydrogens (tertiary/aromatic N) is 1. The highest BCUT2D eigenvalue weighted by molar-refractivity contribution is 5.95. The Morgan fingerprint density at radius 1 is 1.33 bits per heavy atom. The molecule has 0 radical (unpaired) electrons. The summed E-state index contributed by atoms with van der Waals surface area (Å²) in [4.78, 5) is 23.1. The van der Waals surface area contributed by atoms with Crippen LogP contribution in [0.1, 0.15) is 40.9 Å². The third kappa shape index (κ3) is 3.08. The van der Waals surface area contributed by atoms with Crippen LogP contribution in [-0.2, 0) is 6.42 Å². The molecule has 1 aliphatic rings. The van der Waals surface area contributed by atoms with Crippen molar-refractivity contribution in [3.8, 4) is 5.75 Å². The molecule has 6 heteroatoms. The van der Waals surface area contributed by atoms with Crippen LogP contribution < -0.4 is 10.1 Å². The topological polar surface area (TPSA) is 81.5 Å². The lowest BCUT2D eigenvalue weighted by Crippen LogP contribution is -2.27.